The molecule has 214 valence electrons. The number of hydrogen-bond acceptors (Lipinski definition) is 8. The zero-order chi connectivity index (χ0) is 29.4. The molecule has 0 saturated carbocycles. The maximum Gasteiger partial charge on any atom is 0.337 e. The summed E-state index contributed by atoms with van der Waals surface area (Å²) in [6.45, 7) is 1.74. The van der Waals surface area contributed by atoms with Crippen molar-refractivity contribution in [3.05, 3.63) is 88.7 Å². The average molecular weight is 580 g/mol. The molecule has 3 aromatic rings. The van der Waals surface area contributed by atoms with E-state index in [4.69, 9.17) is 21.2 Å². The third-order valence-electron chi connectivity index (χ3n) is 6.52. The number of halogens is 1. The number of aromatic nitrogens is 1. The molecule has 3 N–H and O–H groups in total. The van der Waals surface area contributed by atoms with E-state index in [-0.39, 0.29) is 30.9 Å². The van der Waals surface area contributed by atoms with Crippen molar-refractivity contribution < 1.29 is 29.1 Å². The fourth-order valence-corrected chi connectivity index (χ4v) is 4.57. The highest BCUT2D eigenvalue weighted by atomic mass is 35.5. The Morgan fingerprint density at radius 2 is 1.95 bits per heavy atom. The highest BCUT2D eigenvalue weighted by molar-refractivity contribution is 6.30. The molecule has 0 saturated heterocycles. The van der Waals surface area contributed by atoms with Crippen LogP contribution in [0.25, 0.3) is 0 Å². The van der Waals surface area contributed by atoms with E-state index in [2.05, 4.69) is 20.8 Å². The number of carboxylic acid groups (broad SMARTS) is 1. The molecule has 1 aliphatic heterocycles. The monoisotopic (exact) mass is 579 g/mol. The van der Waals surface area contributed by atoms with Gasteiger partial charge in [-0.3, -0.25) is 19.7 Å². The number of para-hydroxylation sites is 1. The molecular formula is C29H30ClN5O6. The van der Waals surface area contributed by atoms with E-state index in [1.807, 2.05) is 25.1 Å². The molecule has 0 aliphatic carbocycles. The summed E-state index contributed by atoms with van der Waals surface area (Å²) in [7, 11) is 1.53. The standard InChI is InChI=1S/C29H30ClN5O6/c1-3-24(19-12-21(28(37)38)15-31-14-19)33-29(39)35-17-26(34-41-23-7-5-4-6-8-23)32-16-20(27(35)36)11-18-13-22(30)9-10-25(18)40-2/h4-10,12-15,20,24H,3,11,16-17H2,1-2H3,(H,32,34)(H,33,39)(H,37,38)/t20-,24-/m1/s1. The number of aliphatic imine (C=N–C) groups is 1. The smallest absolute Gasteiger partial charge is 0.337 e. The van der Waals surface area contributed by atoms with Crippen molar-refractivity contribution in [2.24, 2.45) is 10.9 Å². The first-order valence-electron chi connectivity index (χ1n) is 12.9. The number of urea groups is 1. The summed E-state index contributed by atoms with van der Waals surface area (Å²) in [4.78, 5) is 54.1. The van der Waals surface area contributed by atoms with Gasteiger partial charge in [-0.2, -0.15) is 0 Å². The fraction of sp³-hybridized carbons (Fsp3) is 0.276. The van der Waals surface area contributed by atoms with E-state index in [0.717, 1.165) is 4.90 Å². The van der Waals surface area contributed by atoms with Crippen LogP contribution in [0.3, 0.4) is 0 Å². The van der Waals surface area contributed by atoms with Gasteiger partial charge < -0.3 is 20.0 Å². The van der Waals surface area contributed by atoms with Gasteiger partial charge in [-0.15, -0.1) is 0 Å². The summed E-state index contributed by atoms with van der Waals surface area (Å²) in [5.41, 5.74) is 3.97. The van der Waals surface area contributed by atoms with Crippen molar-refractivity contribution in [2.75, 3.05) is 20.2 Å². The number of ether oxygens (including phenoxy) is 1. The zero-order valence-corrected chi connectivity index (χ0v) is 23.3. The quantitative estimate of drug-likeness (QED) is 0.319. The number of hydroxylamine groups is 1. The molecule has 3 amide bonds. The van der Waals surface area contributed by atoms with Crippen molar-refractivity contribution in [1.29, 1.82) is 0 Å². The average Bonchev–Trinajstić information content (AvgIpc) is 3.14. The number of nitrogens with zero attached hydrogens (tertiary/aromatic N) is 3. The molecule has 1 aromatic heterocycles. The van der Waals surface area contributed by atoms with Crippen LogP contribution in [-0.2, 0) is 11.2 Å². The summed E-state index contributed by atoms with van der Waals surface area (Å²) in [6.07, 6.45) is 3.37. The van der Waals surface area contributed by atoms with E-state index in [1.54, 1.807) is 30.3 Å². The van der Waals surface area contributed by atoms with Crippen molar-refractivity contribution in [3.8, 4) is 11.5 Å². The summed E-state index contributed by atoms with van der Waals surface area (Å²) < 4.78 is 5.46. The molecular weight excluding hydrogens is 550 g/mol. The molecule has 2 aromatic carbocycles. The van der Waals surface area contributed by atoms with Crippen molar-refractivity contribution in [3.63, 3.8) is 0 Å². The first kappa shape index (κ1) is 29.3. The number of carbonyl (C=O) groups excluding carboxylic acids is 2. The number of methoxy groups -OCH3 is 1. The van der Waals surface area contributed by atoms with Gasteiger partial charge in [-0.1, -0.05) is 36.7 Å². The maximum atomic E-state index is 13.8. The maximum absolute atomic E-state index is 13.8. The van der Waals surface area contributed by atoms with Crippen LogP contribution < -0.4 is 20.4 Å². The Hall–Kier alpha value is -4.64. The van der Waals surface area contributed by atoms with Crippen LogP contribution in [0, 0.1) is 5.92 Å². The van der Waals surface area contributed by atoms with Crippen LogP contribution in [0.2, 0.25) is 5.02 Å². The lowest BCUT2D eigenvalue weighted by Crippen LogP contribution is -2.50. The molecule has 0 bridgehead atoms. The third kappa shape index (κ3) is 7.52. The summed E-state index contributed by atoms with van der Waals surface area (Å²) >= 11 is 6.21. The first-order valence-corrected chi connectivity index (χ1v) is 13.3. The fourth-order valence-electron chi connectivity index (χ4n) is 4.38. The number of benzene rings is 2. The van der Waals surface area contributed by atoms with E-state index < -0.39 is 29.9 Å². The highest BCUT2D eigenvalue weighted by Crippen LogP contribution is 2.27. The number of rotatable bonds is 9. The lowest BCUT2D eigenvalue weighted by Gasteiger charge is -2.26. The molecule has 4 rings (SSSR count). The van der Waals surface area contributed by atoms with E-state index in [0.29, 0.717) is 34.1 Å². The molecule has 0 fully saturated rings. The van der Waals surface area contributed by atoms with Crippen LogP contribution in [0.4, 0.5) is 4.79 Å². The molecule has 12 heteroatoms. The van der Waals surface area contributed by atoms with Crippen LogP contribution in [0.5, 0.6) is 11.5 Å². The third-order valence-corrected chi connectivity index (χ3v) is 6.76. The van der Waals surface area contributed by atoms with Crippen molar-refractivity contribution in [1.82, 2.24) is 20.7 Å². The van der Waals surface area contributed by atoms with Gasteiger partial charge >= 0.3 is 12.0 Å². The first-order chi connectivity index (χ1) is 19.8. The topological polar surface area (TPSA) is 142 Å². The Morgan fingerprint density at radius 1 is 1.17 bits per heavy atom. The number of imide groups is 1. The van der Waals surface area contributed by atoms with E-state index >= 15 is 0 Å². The van der Waals surface area contributed by atoms with Crippen molar-refractivity contribution >= 4 is 35.3 Å². The molecule has 11 nitrogen and oxygen atoms in total. The number of amidine groups is 1. The van der Waals surface area contributed by atoms with Gasteiger partial charge in [0.05, 0.1) is 37.7 Å². The molecule has 0 spiro atoms. The number of amides is 3. The second-order valence-electron chi connectivity index (χ2n) is 9.31. The van der Waals surface area contributed by atoms with Crippen LogP contribution in [0.1, 0.15) is 40.9 Å². The van der Waals surface area contributed by atoms with Gasteiger partial charge in [0.15, 0.2) is 11.6 Å². The minimum absolute atomic E-state index is 0.00624. The SMILES string of the molecule is CC[C@@H](NC(=O)N1CC(NOc2ccccc2)=NC[C@@H](Cc2cc(Cl)ccc2OC)C1=O)c1cncc(C(=O)O)c1. The minimum atomic E-state index is -1.13. The number of hydrogen-bond donors (Lipinski definition) is 3. The largest absolute Gasteiger partial charge is 0.496 e. The molecule has 2 heterocycles. The number of carbonyl (C=O) groups is 3. The van der Waals surface area contributed by atoms with Gasteiger partial charge in [0, 0.05) is 17.4 Å². The zero-order valence-electron chi connectivity index (χ0n) is 22.5. The number of aromatic carboxylic acids is 1. The lowest BCUT2D eigenvalue weighted by atomic mass is 9.97. The van der Waals surface area contributed by atoms with Gasteiger partial charge in [0.2, 0.25) is 5.91 Å². The predicted octanol–water partition coefficient (Wildman–Crippen LogP) is 4.29. The Morgan fingerprint density at radius 3 is 2.66 bits per heavy atom. The normalized spacial score (nSPS) is 15.8. The molecule has 41 heavy (non-hydrogen) atoms. The van der Waals surface area contributed by atoms with Crippen LogP contribution in [-0.4, -0.2) is 58.9 Å². The van der Waals surface area contributed by atoms with Gasteiger partial charge in [0.25, 0.3) is 0 Å². The van der Waals surface area contributed by atoms with Crippen molar-refractivity contribution in [2.45, 2.75) is 25.8 Å². The Labute approximate surface area is 242 Å². The number of nitrogens with one attached hydrogen (secondary N) is 2. The number of pyridine rings is 1. The van der Waals surface area contributed by atoms with Gasteiger partial charge in [0.1, 0.15) is 5.75 Å². The Bertz CT molecular complexity index is 1430. The van der Waals surface area contributed by atoms with Gasteiger partial charge in [-0.05, 0) is 60.4 Å². The Balaban J connectivity index is 1.59. The summed E-state index contributed by atoms with van der Waals surface area (Å²) in [6, 6.07) is 14.3. The minimum Gasteiger partial charge on any atom is -0.496 e. The highest BCUT2D eigenvalue weighted by Gasteiger charge is 2.34. The van der Waals surface area contributed by atoms with E-state index in [1.165, 1.54) is 25.6 Å². The second kappa shape index (κ2) is 13.6. The summed E-state index contributed by atoms with van der Waals surface area (Å²) in [5, 5.41) is 12.7. The number of carboxylic acids is 1. The molecule has 1 aliphatic rings. The molecule has 0 unspecified atom stereocenters. The second-order valence-corrected chi connectivity index (χ2v) is 9.75. The predicted molar refractivity (Wildman–Crippen MR) is 152 cm³/mol. The lowest BCUT2D eigenvalue weighted by molar-refractivity contribution is -0.131. The molecule has 0 radical (unpaired) electrons. The summed E-state index contributed by atoms with van der Waals surface area (Å²) in [5.74, 6) is -0.917. The molecule has 2 atom stereocenters. The van der Waals surface area contributed by atoms with Gasteiger partial charge in [-0.25, -0.2) is 15.1 Å². The Kier molecular flexibility index (Phi) is 9.75. The van der Waals surface area contributed by atoms with Crippen LogP contribution >= 0.6 is 11.6 Å². The van der Waals surface area contributed by atoms with Crippen LogP contribution in [0.15, 0.2) is 72.0 Å². The van der Waals surface area contributed by atoms with E-state index in [9.17, 15) is 19.5 Å².